The minimum atomic E-state index is -0.789. The van der Waals surface area contributed by atoms with Gasteiger partial charge in [0.2, 0.25) is 0 Å². The molecule has 2 heterocycles. The van der Waals surface area contributed by atoms with Gasteiger partial charge in [-0.3, -0.25) is 9.36 Å². The summed E-state index contributed by atoms with van der Waals surface area (Å²) in [4.78, 5) is 32.2. The normalized spacial score (nSPS) is 15.5. The minimum absolute atomic E-state index is 0.145. The van der Waals surface area contributed by atoms with Gasteiger partial charge in [0.25, 0.3) is 5.56 Å². The summed E-state index contributed by atoms with van der Waals surface area (Å²) in [6, 6.07) is 17.4. The molecule has 182 valence electrons. The van der Waals surface area contributed by atoms with Gasteiger partial charge in [-0.15, -0.1) is 0 Å². The molecule has 0 amide bonds. The van der Waals surface area contributed by atoms with Crippen LogP contribution in [0.1, 0.15) is 31.0 Å². The summed E-state index contributed by atoms with van der Waals surface area (Å²) in [6.07, 6.45) is 1.75. The molecule has 5 rings (SSSR count). The van der Waals surface area contributed by atoms with Crippen LogP contribution in [0.3, 0.4) is 0 Å². The molecule has 0 bridgehead atoms. The van der Waals surface area contributed by atoms with Gasteiger partial charge in [0, 0.05) is 5.56 Å². The Hall–Kier alpha value is -4.17. The van der Waals surface area contributed by atoms with Crippen LogP contribution in [0.15, 0.2) is 81.7 Å². The number of allylic oxidation sites excluding steroid dienone is 1. The van der Waals surface area contributed by atoms with Gasteiger partial charge in [-0.2, -0.15) is 0 Å². The molecule has 7 nitrogen and oxygen atoms in total. The van der Waals surface area contributed by atoms with Crippen LogP contribution >= 0.6 is 11.3 Å². The van der Waals surface area contributed by atoms with E-state index in [0.717, 1.165) is 16.3 Å². The molecule has 1 aromatic heterocycles. The number of ether oxygens (including phenoxy) is 2. The number of thiazole rings is 1. The van der Waals surface area contributed by atoms with E-state index >= 15 is 0 Å². The summed E-state index contributed by atoms with van der Waals surface area (Å²) in [7, 11) is 1.57. The first-order valence-corrected chi connectivity index (χ1v) is 12.3. The average molecular weight is 501 g/mol. The summed E-state index contributed by atoms with van der Waals surface area (Å²) >= 11 is 1.25. The molecule has 4 aromatic rings. The zero-order valence-corrected chi connectivity index (χ0v) is 20.8. The van der Waals surface area contributed by atoms with E-state index in [0.29, 0.717) is 31.9 Å². The van der Waals surface area contributed by atoms with Crippen LogP contribution in [0.25, 0.3) is 16.8 Å². The summed E-state index contributed by atoms with van der Waals surface area (Å²) < 4.78 is 13.2. The van der Waals surface area contributed by atoms with E-state index in [-0.39, 0.29) is 17.9 Å². The number of hydrogen-bond acceptors (Lipinski definition) is 7. The van der Waals surface area contributed by atoms with E-state index < -0.39 is 12.0 Å². The lowest BCUT2D eigenvalue weighted by Crippen LogP contribution is -2.40. The molecule has 8 heteroatoms. The smallest absolute Gasteiger partial charge is 0.338 e. The number of carbonyl (C=O) groups is 1. The zero-order valence-electron chi connectivity index (χ0n) is 20.0. The van der Waals surface area contributed by atoms with Gasteiger partial charge >= 0.3 is 5.97 Å². The quantitative estimate of drug-likeness (QED) is 0.423. The van der Waals surface area contributed by atoms with Gasteiger partial charge in [0.1, 0.15) is 17.5 Å². The summed E-state index contributed by atoms with van der Waals surface area (Å²) in [5.41, 5.74) is 1.98. The van der Waals surface area contributed by atoms with Crippen molar-refractivity contribution in [2.24, 2.45) is 4.99 Å². The Balaban J connectivity index is 1.84. The van der Waals surface area contributed by atoms with Crippen LogP contribution in [0.5, 0.6) is 11.5 Å². The molecule has 1 atom stereocenters. The van der Waals surface area contributed by atoms with Crippen molar-refractivity contribution in [1.82, 2.24) is 4.57 Å². The number of esters is 1. The fraction of sp³-hybridized carbons (Fsp3) is 0.179. The number of rotatable bonds is 5. The number of benzene rings is 3. The number of phenols is 1. The lowest BCUT2D eigenvalue weighted by atomic mass is 9.90. The average Bonchev–Trinajstić information content (AvgIpc) is 3.18. The number of hydrogen-bond donors (Lipinski definition) is 1. The van der Waals surface area contributed by atoms with Crippen LogP contribution in [-0.4, -0.2) is 29.4 Å². The maximum atomic E-state index is 13.9. The minimum Gasteiger partial charge on any atom is -0.508 e. The number of aromatic nitrogens is 1. The van der Waals surface area contributed by atoms with Crippen LogP contribution in [0.4, 0.5) is 0 Å². The molecule has 0 fully saturated rings. The predicted molar refractivity (Wildman–Crippen MR) is 139 cm³/mol. The van der Waals surface area contributed by atoms with Crippen molar-refractivity contribution in [2.45, 2.75) is 19.9 Å². The Labute approximate surface area is 210 Å². The molecule has 1 aliphatic rings. The third-order valence-corrected chi connectivity index (χ3v) is 7.11. The summed E-state index contributed by atoms with van der Waals surface area (Å²) in [6.45, 7) is 3.70. The van der Waals surface area contributed by atoms with Gasteiger partial charge in [-0.05, 0) is 54.5 Å². The number of phenolic OH excluding ortho intramolecular Hbond substituents is 1. The highest BCUT2D eigenvalue weighted by Gasteiger charge is 2.36. The van der Waals surface area contributed by atoms with E-state index in [4.69, 9.17) is 9.47 Å². The molecule has 0 aliphatic carbocycles. The highest BCUT2D eigenvalue weighted by Crippen LogP contribution is 2.40. The Morgan fingerprint density at radius 3 is 2.61 bits per heavy atom. The molecular weight excluding hydrogens is 476 g/mol. The van der Waals surface area contributed by atoms with E-state index in [1.165, 1.54) is 11.3 Å². The van der Waals surface area contributed by atoms with Crippen molar-refractivity contribution in [2.75, 3.05) is 13.7 Å². The highest BCUT2D eigenvalue weighted by molar-refractivity contribution is 7.07. The summed E-state index contributed by atoms with van der Waals surface area (Å²) in [5, 5.41) is 11.4. The van der Waals surface area contributed by atoms with Gasteiger partial charge in [-0.1, -0.05) is 53.8 Å². The van der Waals surface area contributed by atoms with Crippen molar-refractivity contribution < 1.29 is 19.4 Å². The first-order chi connectivity index (χ1) is 17.4. The van der Waals surface area contributed by atoms with Crippen molar-refractivity contribution >= 4 is 34.2 Å². The van der Waals surface area contributed by atoms with Gasteiger partial charge in [0.05, 0.1) is 29.5 Å². The molecule has 1 aliphatic heterocycles. The van der Waals surface area contributed by atoms with E-state index in [2.05, 4.69) is 4.99 Å². The number of carbonyl (C=O) groups excluding carboxylic acids is 1. The Morgan fingerprint density at radius 1 is 1.14 bits per heavy atom. The fourth-order valence-electron chi connectivity index (χ4n) is 4.52. The molecule has 0 saturated heterocycles. The number of fused-ring (bicyclic) bond motifs is 2. The summed E-state index contributed by atoms with van der Waals surface area (Å²) in [5.74, 6) is 0.182. The van der Waals surface area contributed by atoms with Crippen molar-refractivity contribution in [1.29, 1.82) is 0 Å². The van der Waals surface area contributed by atoms with Crippen LogP contribution in [0, 0.1) is 0 Å². The van der Waals surface area contributed by atoms with Gasteiger partial charge in [-0.25, -0.2) is 9.79 Å². The predicted octanol–water partition coefficient (Wildman–Crippen LogP) is 3.67. The second-order valence-corrected chi connectivity index (χ2v) is 9.31. The molecule has 0 radical (unpaired) electrons. The molecule has 0 spiro atoms. The second kappa shape index (κ2) is 9.47. The Kier molecular flexibility index (Phi) is 6.20. The molecular formula is C28H24N2O5S. The topological polar surface area (TPSA) is 90.1 Å². The van der Waals surface area contributed by atoms with Crippen LogP contribution in [0.2, 0.25) is 0 Å². The second-order valence-electron chi connectivity index (χ2n) is 8.30. The van der Waals surface area contributed by atoms with Crippen molar-refractivity contribution in [3.63, 3.8) is 0 Å². The van der Waals surface area contributed by atoms with Crippen LogP contribution in [-0.2, 0) is 9.53 Å². The number of methoxy groups -OCH3 is 1. The molecule has 0 unspecified atom stereocenters. The first-order valence-electron chi connectivity index (χ1n) is 11.5. The third-order valence-electron chi connectivity index (χ3n) is 6.13. The van der Waals surface area contributed by atoms with E-state index in [9.17, 15) is 14.7 Å². The van der Waals surface area contributed by atoms with E-state index in [1.807, 2.05) is 36.4 Å². The zero-order chi connectivity index (χ0) is 25.4. The van der Waals surface area contributed by atoms with Crippen molar-refractivity contribution in [3.8, 4) is 11.5 Å². The molecule has 36 heavy (non-hydrogen) atoms. The largest absolute Gasteiger partial charge is 0.508 e. The standard InChI is InChI=1S/C28H24N2O5S/c1-4-35-27(33)23-16(2)29-28-30(26(32)22(36-28)15-17-9-12-19(31)13-10-17)25(23)24-20-8-6-5-7-18(20)11-14-21(24)34-3/h5-15,25,31H,4H2,1-3H3/t25-/m1/s1. The number of aromatic hydroxyl groups is 1. The van der Waals surface area contributed by atoms with E-state index in [1.54, 1.807) is 55.9 Å². The van der Waals surface area contributed by atoms with Crippen LogP contribution < -0.4 is 19.6 Å². The lowest BCUT2D eigenvalue weighted by molar-refractivity contribution is -0.139. The third kappa shape index (κ3) is 3.99. The fourth-order valence-corrected chi connectivity index (χ4v) is 5.57. The Bertz CT molecular complexity index is 1700. The number of nitrogens with zero attached hydrogens (tertiary/aromatic N) is 2. The first kappa shape index (κ1) is 23.6. The van der Waals surface area contributed by atoms with Gasteiger partial charge in [0.15, 0.2) is 4.80 Å². The SMILES string of the molecule is CCOC(=O)C1=C(C)N=c2sc(=Cc3ccc(O)cc3)c(=O)n2[C@H]1c1c(OC)ccc2ccccc12. The molecule has 0 saturated carbocycles. The maximum absolute atomic E-state index is 13.9. The van der Waals surface area contributed by atoms with Gasteiger partial charge < -0.3 is 14.6 Å². The Morgan fingerprint density at radius 2 is 1.89 bits per heavy atom. The van der Waals surface area contributed by atoms with Crippen molar-refractivity contribution in [3.05, 3.63) is 103 Å². The molecule has 1 N–H and O–H groups in total. The lowest BCUT2D eigenvalue weighted by Gasteiger charge is -2.27. The highest BCUT2D eigenvalue weighted by atomic mass is 32.1. The monoisotopic (exact) mass is 500 g/mol. The molecule has 3 aromatic carbocycles. The maximum Gasteiger partial charge on any atom is 0.338 e.